The highest BCUT2D eigenvalue weighted by Crippen LogP contribution is 2.36. The number of hydrogen-bond acceptors (Lipinski definition) is 5. The molecule has 0 aliphatic carbocycles. The molecule has 5 aromatic rings. The number of anilines is 1. The van der Waals surface area contributed by atoms with Crippen LogP contribution in [0, 0.1) is 12.7 Å². The van der Waals surface area contributed by atoms with E-state index < -0.39 is 15.8 Å². The van der Waals surface area contributed by atoms with E-state index in [1.54, 1.807) is 30.3 Å². The Morgan fingerprint density at radius 2 is 1.80 bits per heavy atom. The number of nitrogens with zero attached hydrogens (tertiary/aromatic N) is 3. The van der Waals surface area contributed by atoms with Crippen molar-refractivity contribution in [3.05, 3.63) is 83.5 Å². The summed E-state index contributed by atoms with van der Waals surface area (Å²) in [6.07, 6.45) is 4.18. The lowest BCUT2D eigenvalue weighted by molar-refractivity contribution is -0.114. The van der Waals surface area contributed by atoms with Gasteiger partial charge in [0.05, 0.1) is 21.8 Å². The fourth-order valence-corrected chi connectivity index (χ4v) is 5.45. The van der Waals surface area contributed by atoms with Gasteiger partial charge in [-0.25, -0.2) is 21.8 Å². The SMILES string of the molecule is CC(=O)Nc1cnc2c(c1)c(-c1cc(F)c3nccc(Cl)c3c1)cn2S(=O)(=O)c1ccc(C)cc1. The number of carbonyl (C=O) groups is 1. The van der Waals surface area contributed by atoms with E-state index in [1.165, 1.54) is 43.7 Å². The Kier molecular flexibility index (Phi) is 5.53. The van der Waals surface area contributed by atoms with Gasteiger partial charge in [0.25, 0.3) is 10.0 Å². The van der Waals surface area contributed by atoms with Crippen molar-refractivity contribution in [3.8, 4) is 11.1 Å². The zero-order chi connectivity index (χ0) is 24.9. The average molecular weight is 509 g/mol. The summed E-state index contributed by atoms with van der Waals surface area (Å²) in [6, 6.07) is 12.5. The van der Waals surface area contributed by atoms with Crippen LogP contribution in [0.2, 0.25) is 5.02 Å². The van der Waals surface area contributed by atoms with E-state index in [1.807, 2.05) is 6.92 Å². The maximum atomic E-state index is 15.0. The van der Waals surface area contributed by atoms with Gasteiger partial charge in [0.2, 0.25) is 5.91 Å². The van der Waals surface area contributed by atoms with Gasteiger partial charge in [-0.2, -0.15) is 0 Å². The summed E-state index contributed by atoms with van der Waals surface area (Å²) < 4.78 is 43.1. The molecule has 0 saturated heterocycles. The molecule has 176 valence electrons. The second-order valence-electron chi connectivity index (χ2n) is 8.08. The summed E-state index contributed by atoms with van der Waals surface area (Å²) in [4.78, 5) is 20.1. The van der Waals surface area contributed by atoms with Crippen LogP contribution in [0.5, 0.6) is 0 Å². The van der Waals surface area contributed by atoms with Crippen molar-refractivity contribution >= 4 is 55.2 Å². The molecular formula is C25H18ClFN4O3S. The maximum absolute atomic E-state index is 15.0. The standard InChI is InChI=1S/C25H18ClFN4O3S/c1-14-3-5-18(6-4-14)35(33,34)31-13-21(19-11-17(30-15(2)32)12-29-25(19)31)16-9-20-22(26)7-8-28-24(20)23(27)10-16/h3-13H,1-2H3,(H,30,32). The molecule has 2 aromatic carbocycles. The predicted octanol–water partition coefficient (Wildman–Crippen LogP) is 5.55. The summed E-state index contributed by atoms with van der Waals surface area (Å²) in [6.45, 7) is 3.21. The summed E-state index contributed by atoms with van der Waals surface area (Å²) in [7, 11) is -4.03. The third-order valence-electron chi connectivity index (χ3n) is 5.57. The Hall–Kier alpha value is -3.82. The van der Waals surface area contributed by atoms with Crippen molar-refractivity contribution in [1.29, 1.82) is 0 Å². The van der Waals surface area contributed by atoms with Crippen LogP contribution in [-0.4, -0.2) is 28.3 Å². The summed E-state index contributed by atoms with van der Waals surface area (Å²) in [5.41, 5.74) is 2.31. The number of pyridine rings is 2. The molecule has 0 bridgehead atoms. The van der Waals surface area contributed by atoms with Crippen molar-refractivity contribution in [1.82, 2.24) is 13.9 Å². The minimum Gasteiger partial charge on any atom is -0.325 e. The molecule has 3 heterocycles. The van der Waals surface area contributed by atoms with Crippen molar-refractivity contribution in [2.75, 3.05) is 5.32 Å². The van der Waals surface area contributed by atoms with Crippen LogP contribution in [0.4, 0.5) is 10.1 Å². The number of fused-ring (bicyclic) bond motifs is 2. The van der Waals surface area contributed by atoms with Gasteiger partial charge in [-0.3, -0.25) is 9.78 Å². The molecule has 1 amide bonds. The van der Waals surface area contributed by atoms with Crippen LogP contribution < -0.4 is 5.32 Å². The topological polar surface area (TPSA) is 93.9 Å². The minimum absolute atomic E-state index is 0.0798. The van der Waals surface area contributed by atoms with E-state index in [2.05, 4.69) is 15.3 Å². The van der Waals surface area contributed by atoms with Crippen molar-refractivity contribution in [3.63, 3.8) is 0 Å². The van der Waals surface area contributed by atoms with Gasteiger partial charge < -0.3 is 5.32 Å². The molecule has 0 saturated carbocycles. The van der Waals surface area contributed by atoms with E-state index in [0.29, 0.717) is 32.6 Å². The van der Waals surface area contributed by atoms with Gasteiger partial charge in [-0.1, -0.05) is 29.3 Å². The molecule has 35 heavy (non-hydrogen) atoms. The van der Waals surface area contributed by atoms with Gasteiger partial charge in [0, 0.05) is 35.7 Å². The van der Waals surface area contributed by atoms with Gasteiger partial charge in [0.15, 0.2) is 5.65 Å². The fraction of sp³-hybridized carbons (Fsp3) is 0.0800. The molecular weight excluding hydrogens is 491 g/mol. The lowest BCUT2D eigenvalue weighted by atomic mass is 10.0. The minimum atomic E-state index is -4.03. The van der Waals surface area contributed by atoms with E-state index in [9.17, 15) is 17.6 Å². The van der Waals surface area contributed by atoms with Gasteiger partial charge in [-0.15, -0.1) is 0 Å². The highest BCUT2D eigenvalue weighted by atomic mass is 35.5. The molecule has 0 unspecified atom stereocenters. The molecule has 0 radical (unpaired) electrons. The van der Waals surface area contributed by atoms with E-state index >= 15 is 0 Å². The Morgan fingerprint density at radius 1 is 1.06 bits per heavy atom. The second-order valence-corrected chi connectivity index (χ2v) is 10.3. The molecule has 0 fully saturated rings. The predicted molar refractivity (Wildman–Crippen MR) is 134 cm³/mol. The Bertz CT molecular complexity index is 1750. The molecule has 0 spiro atoms. The van der Waals surface area contributed by atoms with E-state index in [-0.39, 0.29) is 22.0 Å². The Labute approximate surface area is 205 Å². The zero-order valence-corrected chi connectivity index (χ0v) is 20.2. The lowest BCUT2D eigenvalue weighted by Crippen LogP contribution is -2.12. The number of aromatic nitrogens is 3. The van der Waals surface area contributed by atoms with Gasteiger partial charge in [-0.05, 0) is 48.9 Å². The first-order chi connectivity index (χ1) is 16.6. The number of aryl methyl sites for hydroxylation is 1. The third kappa shape index (κ3) is 4.02. The molecule has 7 nitrogen and oxygen atoms in total. The zero-order valence-electron chi connectivity index (χ0n) is 18.6. The number of rotatable bonds is 4. The maximum Gasteiger partial charge on any atom is 0.269 e. The molecule has 0 atom stereocenters. The number of halogens is 2. The first-order valence-corrected chi connectivity index (χ1v) is 12.3. The number of benzene rings is 2. The molecule has 0 aliphatic rings. The molecule has 3 aromatic heterocycles. The van der Waals surface area contributed by atoms with Gasteiger partial charge in [0.1, 0.15) is 11.3 Å². The molecule has 10 heteroatoms. The normalized spacial score (nSPS) is 11.8. The van der Waals surface area contributed by atoms with Gasteiger partial charge >= 0.3 is 0 Å². The number of nitrogens with one attached hydrogen (secondary N) is 1. The Morgan fingerprint density at radius 3 is 2.51 bits per heavy atom. The summed E-state index contributed by atoms with van der Waals surface area (Å²) in [5.74, 6) is -0.915. The smallest absolute Gasteiger partial charge is 0.269 e. The Balaban J connectivity index is 1.81. The average Bonchev–Trinajstić information content (AvgIpc) is 3.19. The second kappa shape index (κ2) is 8.44. The summed E-state index contributed by atoms with van der Waals surface area (Å²) in [5, 5.41) is 3.75. The first kappa shape index (κ1) is 22.9. The first-order valence-electron chi connectivity index (χ1n) is 10.5. The van der Waals surface area contributed by atoms with Crippen molar-refractivity contribution in [2.24, 2.45) is 0 Å². The molecule has 0 aliphatic heterocycles. The third-order valence-corrected chi connectivity index (χ3v) is 7.56. The van der Waals surface area contributed by atoms with Crippen LogP contribution in [0.1, 0.15) is 12.5 Å². The highest BCUT2D eigenvalue weighted by Gasteiger charge is 2.24. The number of hydrogen-bond donors (Lipinski definition) is 1. The monoisotopic (exact) mass is 508 g/mol. The van der Waals surface area contributed by atoms with Crippen molar-refractivity contribution < 1.29 is 17.6 Å². The quantitative estimate of drug-likeness (QED) is 0.343. The van der Waals surface area contributed by atoms with Crippen LogP contribution >= 0.6 is 11.6 Å². The van der Waals surface area contributed by atoms with Crippen LogP contribution in [-0.2, 0) is 14.8 Å². The van der Waals surface area contributed by atoms with E-state index in [0.717, 1.165) is 9.54 Å². The largest absolute Gasteiger partial charge is 0.325 e. The molecule has 1 N–H and O–H groups in total. The number of carbonyl (C=O) groups excluding carboxylic acids is 1. The highest BCUT2D eigenvalue weighted by molar-refractivity contribution is 7.90. The van der Waals surface area contributed by atoms with Crippen LogP contribution in [0.25, 0.3) is 33.1 Å². The van der Waals surface area contributed by atoms with Crippen molar-refractivity contribution in [2.45, 2.75) is 18.7 Å². The molecule has 5 rings (SSSR count). The fourth-order valence-electron chi connectivity index (χ4n) is 3.92. The summed E-state index contributed by atoms with van der Waals surface area (Å²) >= 11 is 6.29. The van der Waals surface area contributed by atoms with E-state index in [4.69, 9.17) is 11.6 Å². The lowest BCUT2D eigenvalue weighted by Gasteiger charge is -2.08. The van der Waals surface area contributed by atoms with Crippen LogP contribution in [0.15, 0.2) is 72.0 Å². The number of amides is 1. The van der Waals surface area contributed by atoms with Crippen LogP contribution in [0.3, 0.4) is 0 Å².